The number of anilines is 1. The largest absolute Gasteiger partial charge is 0.493 e. The van der Waals surface area contributed by atoms with Crippen LogP contribution < -0.4 is 15.0 Å². The van der Waals surface area contributed by atoms with Crippen molar-refractivity contribution in [3.8, 4) is 16.9 Å². The second-order valence-corrected chi connectivity index (χ2v) is 12.4. The second-order valence-electron chi connectivity index (χ2n) is 12.0. The fourth-order valence-electron chi connectivity index (χ4n) is 6.54. The molecule has 5 aromatic rings. The minimum atomic E-state index is -0.949. The van der Waals surface area contributed by atoms with Crippen LogP contribution in [0.25, 0.3) is 32.8 Å². The summed E-state index contributed by atoms with van der Waals surface area (Å²) in [4.78, 5) is 15.0. The number of aromatic carboxylic acids is 1. The molecule has 0 saturated heterocycles. The molecule has 0 aliphatic carbocycles. The summed E-state index contributed by atoms with van der Waals surface area (Å²) in [5, 5.41) is 21.6. The molecule has 2 aromatic heterocycles. The van der Waals surface area contributed by atoms with E-state index in [9.17, 15) is 14.3 Å². The molecule has 8 nitrogen and oxygen atoms in total. The molecule has 1 aliphatic heterocycles. The summed E-state index contributed by atoms with van der Waals surface area (Å²) in [5.41, 5.74) is 4.68. The van der Waals surface area contributed by atoms with Crippen molar-refractivity contribution in [1.29, 1.82) is 0 Å². The van der Waals surface area contributed by atoms with Gasteiger partial charge in [0, 0.05) is 49.2 Å². The Kier molecular flexibility index (Phi) is 12.5. The Morgan fingerprint density at radius 1 is 1.02 bits per heavy atom. The molecule has 0 amide bonds. The van der Waals surface area contributed by atoms with Crippen molar-refractivity contribution in [2.45, 2.75) is 66.8 Å². The molecule has 3 heterocycles. The third-order valence-electron chi connectivity index (χ3n) is 8.91. The van der Waals surface area contributed by atoms with E-state index in [1.807, 2.05) is 53.6 Å². The average molecular weight is 678 g/mol. The van der Waals surface area contributed by atoms with Crippen LogP contribution in [-0.4, -0.2) is 58.7 Å². The summed E-state index contributed by atoms with van der Waals surface area (Å²) < 4.78 is 23.7. The molecule has 48 heavy (non-hydrogen) atoms. The van der Waals surface area contributed by atoms with Crippen LogP contribution in [0.4, 0.5) is 10.2 Å². The maximum Gasteiger partial charge on any atom is 0.352 e. The average Bonchev–Trinajstić information content (AvgIpc) is 3.51. The molecule has 0 spiro atoms. The first-order valence-corrected chi connectivity index (χ1v) is 16.9. The van der Waals surface area contributed by atoms with Gasteiger partial charge in [-0.1, -0.05) is 51.1 Å². The molecule has 0 saturated carbocycles. The van der Waals surface area contributed by atoms with Crippen LogP contribution in [0.15, 0.2) is 48.5 Å². The van der Waals surface area contributed by atoms with E-state index < -0.39 is 5.97 Å². The highest BCUT2D eigenvalue weighted by Gasteiger charge is 2.29. The molecule has 0 radical (unpaired) electrons. The van der Waals surface area contributed by atoms with Gasteiger partial charge in [0.25, 0.3) is 0 Å². The van der Waals surface area contributed by atoms with Gasteiger partial charge in [-0.3, -0.25) is 4.68 Å². The van der Waals surface area contributed by atoms with Gasteiger partial charge in [0.2, 0.25) is 0 Å². The number of carboxylic acid groups (broad SMARTS) is 1. The van der Waals surface area contributed by atoms with E-state index in [2.05, 4.69) is 31.1 Å². The van der Waals surface area contributed by atoms with Gasteiger partial charge in [0.15, 0.2) is 5.82 Å². The van der Waals surface area contributed by atoms with Crippen LogP contribution in [0.5, 0.6) is 5.75 Å². The second kappa shape index (κ2) is 16.3. The predicted octanol–water partition coefficient (Wildman–Crippen LogP) is 8.88. The van der Waals surface area contributed by atoms with Crippen molar-refractivity contribution < 1.29 is 19.0 Å². The number of nitrogens with zero attached hydrogens (tertiary/aromatic N) is 4. The normalized spacial score (nSPS) is 12.9. The van der Waals surface area contributed by atoms with Crippen LogP contribution in [0.1, 0.15) is 68.7 Å². The summed E-state index contributed by atoms with van der Waals surface area (Å²) in [6.45, 7) is 10.3. The lowest BCUT2D eigenvalue weighted by atomic mass is 9.99. The maximum absolute atomic E-state index is 13.7. The van der Waals surface area contributed by atoms with Gasteiger partial charge < -0.3 is 24.6 Å². The van der Waals surface area contributed by atoms with Crippen molar-refractivity contribution in [2.75, 3.05) is 38.2 Å². The first-order chi connectivity index (χ1) is 22.7. The van der Waals surface area contributed by atoms with Gasteiger partial charge in [-0.05, 0) is 93.4 Å². The predicted molar refractivity (Wildman–Crippen MR) is 197 cm³/mol. The van der Waals surface area contributed by atoms with Crippen molar-refractivity contribution in [3.05, 3.63) is 76.3 Å². The molecule has 2 N–H and O–H groups in total. The fourth-order valence-corrected chi connectivity index (χ4v) is 6.78. The van der Waals surface area contributed by atoms with Crippen molar-refractivity contribution >= 4 is 45.1 Å². The monoisotopic (exact) mass is 677 g/mol. The fraction of sp³-hybridized carbons (Fsp3) is 0.421. The molecule has 258 valence electrons. The smallest absolute Gasteiger partial charge is 0.352 e. The number of fused-ring (bicyclic) bond motifs is 3. The van der Waals surface area contributed by atoms with Crippen molar-refractivity contribution in [3.63, 3.8) is 0 Å². The summed E-state index contributed by atoms with van der Waals surface area (Å²) in [5.74, 6) is 0.291. The number of carboxylic acids is 1. The number of hydrogen-bond donors (Lipinski definition) is 2. The Hall–Kier alpha value is -4.08. The molecule has 6 rings (SSSR count). The van der Waals surface area contributed by atoms with E-state index in [-0.39, 0.29) is 13.2 Å². The summed E-state index contributed by atoms with van der Waals surface area (Å²) in [7, 11) is 3.98. The summed E-state index contributed by atoms with van der Waals surface area (Å²) >= 11 is 6.96. The number of aromatic nitrogens is 3. The van der Waals surface area contributed by atoms with E-state index in [1.165, 1.54) is 12.1 Å². The van der Waals surface area contributed by atoms with Crippen LogP contribution in [0, 0.1) is 12.7 Å². The number of aryl methyl sites for hydroxylation is 3. The number of nitrogens with one attached hydrogen (secondary N) is 1. The Bertz CT molecular complexity index is 1880. The molecule has 0 unspecified atom stereocenters. The lowest BCUT2D eigenvalue weighted by Crippen LogP contribution is -2.19. The third kappa shape index (κ3) is 7.47. The van der Waals surface area contributed by atoms with E-state index in [4.69, 9.17) is 21.4 Å². The van der Waals surface area contributed by atoms with Crippen LogP contribution in [0.2, 0.25) is 5.02 Å². The highest BCUT2D eigenvalue weighted by molar-refractivity contribution is 6.35. The van der Waals surface area contributed by atoms with E-state index in [0.717, 1.165) is 88.8 Å². The topological polar surface area (TPSA) is 84.6 Å². The molecule has 10 heteroatoms. The van der Waals surface area contributed by atoms with Crippen molar-refractivity contribution in [2.24, 2.45) is 7.05 Å². The number of ether oxygens (including phenoxy) is 1. The Balaban J connectivity index is 0.000000808. The number of carbonyl (C=O) groups is 1. The van der Waals surface area contributed by atoms with E-state index in [1.54, 1.807) is 6.07 Å². The molecule has 1 aliphatic rings. The van der Waals surface area contributed by atoms with Crippen LogP contribution in [-0.2, 0) is 20.0 Å². The molecule has 0 fully saturated rings. The van der Waals surface area contributed by atoms with E-state index >= 15 is 0 Å². The minimum absolute atomic E-state index is 0. The quantitative estimate of drug-likeness (QED) is 0.160. The Labute approximate surface area is 288 Å². The number of halogens is 2. The lowest BCUT2D eigenvalue weighted by molar-refractivity contribution is 0.0684. The molecular weight excluding hydrogens is 629 g/mol. The summed E-state index contributed by atoms with van der Waals surface area (Å²) in [6, 6.07) is 14.0. The molecule has 3 aromatic carbocycles. The third-order valence-corrected chi connectivity index (χ3v) is 9.23. The standard InChI is InChI=1S/C33H34ClFN4O3.C4H11N.CH4/c1-20-28-29-26(34)15-14-25-24(10-8-18-42-27-11-7-9-21-19-22(35)12-13-23(21)27)31(33(40)41)39(30(25)29)17-6-4-5-16-37(2)32(28)36-38(20)3;1-3-5-4-2;/h7,9,11-15,19H,4-6,8,10,16-18H2,1-3H3,(H,40,41);5H,3-4H2,1-2H3;1H4. The zero-order valence-corrected chi connectivity index (χ0v) is 28.8. The first-order valence-electron chi connectivity index (χ1n) is 16.5. The van der Waals surface area contributed by atoms with Gasteiger partial charge in [-0.2, -0.15) is 5.10 Å². The van der Waals surface area contributed by atoms with Gasteiger partial charge in [-0.25, -0.2) is 9.18 Å². The van der Waals surface area contributed by atoms with Gasteiger partial charge >= 0.3 is 5.97 Å². The minimum Gasteiger partial charge on any atom is -0.493 e. The van der Waals surface area contributed by atoms with Crippen LogP contribution >= 0.6 is 11.6 Å². The zero-order valence-electron chi connectivity index (χ0n) is 28.0. The van der Waals surface area contributed by atoms with Crippen LogP contribution in [0.3, 0.4) is 0 Å². The molecule has 0 atom stereocenters. The first kappa shape index (κ1) is 36.8. The van der Waals surface area contributed by atoms with Crippen molar-refractivity contribution in [1.82, 2.24) is 19.7 Å². The Morgan fingerprint density at radius 3 is 2.46 bits per heavy atom. The maximum atomic E-state index is 13.7. The van der Waals surface area contributed by atoms with Gasteiger partial charge in [0.05, 0.1) is 22.7 Å². The lowest BCUT2D eigenvalue weighted by Gasteiger charge is -2.19. The molecule has 0 bridgehead atoms. The highest BCUT2D eigenvalue weighted by Crippen LogP contribution is 2.44. The van der Waals surface area contributed by atoms with Gasteiger partial charge in [-0.15, -0.1) is 0 Å². The number of rotatable bonds is 8. The van der Waals surface area contributed by atoms with E-state index in [0.29, 0.717) is 42.5 Å². The Morgan fingerprint density at radius 2 is 1.75 bits per heavy atom. The molecular formula is C38H49ClFN5O3. The number of benzene rings is 3. The SMILES string of the molecule is C.CCNCC.Cc1c2c(nn1C)N(C)CCCCCn1c(C(=O)O)c(CCCOc3cccc4cc(F)ccc34)c3ccc(Cl)c-2c31. The zero-order chi connectivity index (χ0) is 33.7. The highest BCUT2D eigenvalue weighted by atomic mass is 35.5. The number of hydrogen-bond acceptors (Lipinski definition) is 5. The van der Waals surface area contributed by atoms with Gasteiger partial charge in [0.1, 0.15) is 17.3 Å². The summed E-state index contributed by atoms with van der Waals surface area (Å²) in [6.07, 6.45) is 3.93.